The average Bonchev–Trinajstić information content (AvgIpc) is 3.21. The van der Waals surface area contributed by atoms with Gasteiger partial charge in [0.1, 0.15) is 0 Å². The van der Waals surface area contributed by atoms with Gasteiger partial charge in [0.15, 0.2) is 0 Å². The van der Waals surface area contributed by atoms with Crippen LogP contribution >= 0.6 is 0 Å². The SMILES string of the molecule is CCC(=O)N(CCCNC)c1ccc(N/C(=C2\C(=O)Nc3ccccc32)c2ccccc2)cc1. The van der Waals surface area contributed by atoms with Gasteiger partial charge in [0.25, 0.3) is 5.91 Å². The van der Waals surface area contributed by atoms with Gasteiger partial charge in [-0.05, 0) is 55.9 Å². The zero-order chi connectivity index (χ0) is 23.9. The van der Waals surface area contributed by atoms with Gasteiger partial charge in [-0.15, -0.1) is 0 Å². The zero-order valence-electron chi connectivity index (χ0n) is 19.6. The quantitative estimate of drug-likeness (QED) is 0.315. The molecule has 0 spiro atoms. The summed E-state index contributed by atoms with van der Waals surface area (Å²) in [6.07, 6.45) is 1.33. The van der Waals surface area contributed by atoms with Crippen LogP contribution < -0.4 is 20.9 Å². The Morgan fingerprint density at radius 2 is 1.65 bits per heavy atom. The summed E-state index contributed by atoms with van der Waals surface area (Å²) in [5.74, 6) is -0.0310. The number of hydrogen-bond donors (Lipinski definition) is 3. The predicted octanol–water partition coefficient (Wildman–Crippen LogP) is 4.97. The van der Waals surface area contributed by atoms with Gasteiger partial charge in [-0.1, -0.05) is 55.5 Å². The van der Waals surface area contributed by atoms with Gasteiger partial charge in [-0.3, -0.25) is 9.59 Å². The number of benzene rings is 3. The molecule has 174 valence electrons. The van der Waals surface area contributed by atoms with Crippen LogP contribution in [0.15, 0.2) is 78.9 Å². The molecular weight excluding hydrogens is 424 g/mol. The van der Waals surface area contributed by atoms with Crippen molar-refractivity contribution in [3.8, 4) is 0 Å². The second-order valence-corrected chi connectivity index (χ2v) is 8.14. The first-order chi connectivity index (χ1) is 16.6. The van der Waals surface area contributed by atoms with E-state index in [2.05, 4.69) is 16.0 Å². The van der Waals surface area contributed by atoms with E-state index in [0.29, 0.717) is 18.5 Å². The van der Waals surface area contributed by atoms with E-state index in [0.717, 1.165) is 46.9 Å². The standard InChI is InChI=1S/C28H30N4O2/c1-3-25(33)32(19-9-18-29-2)22-16-14-21(15-17-22)30-27(20-10-5-4-6-11-20)26-23-12-7-8-13-24(23)31-28(26)34/h4-8,10-17,29-30H,3,9,18-19H2,1-2H3,(H,31,34)/b27-26-. The lowest BCUT2D eigenvalue weighted by atomic mass is 10.00. The fraction of sp³-hybridized carbons (Fsp3) is 0.214. The molecular formula is C28H30N4O2. The Bertz CT molecular complexity index is 1190. The molecule has 0 atom stereocenters. The Labute approximate surface area is 200 Å². The summed E-state index contributed by atoms with van der Waals surface area (Å²) in [7, 11) is 1.91. The molecule has 0 bridgehead atoms. The second kappa shape index (κ2) is 10.8. The molecule has 34 heavy (non-hydrogen) atoms. The van der Waals surface area contributed by atoms with Crippen LogP contribution in [-0.4, -0.2) is 32.0 Å². The van der Waals surface area contributed by atoms with E-state index in [9.17, 15) is 9.59 Å². The van der Waals surface area contributed by atoms with E-state index in [4.69, 9.17) is 0 Å². The van der Waals surface area contributed by atoms with Crippen molar-refractivity contribution in [1.29, 1.82) is 0 Å². The molecule has 1 aliphatic rings. The van der Waals surface area contributed by atoms with Gasteiger partial charge in [-0.2, -0.15) is 0 Å². The molecule has 0 saturated heterocycles. The Hall–Kier alpha value is -3.90. The number of rotatable bonds is 9. The molecule has 3 aromatic carbocycles. The Morgan fingerprint density at radius 3 is 2.35 bits per heavy atom. The molecule has 0 radical (unpaired) electrons. The largest absolute Gasteiger partial charge is 0.354 e. The smallest absolute Gasteiger partial charge is 0.258 e. The number of hydrogen-bond acceptors (Lipinski definition) is 4. The minimum atomic E-state index is -0.131. The molecule has 0 fully saturated rings. The Kier molecular flexibility index (Phi) is 7.40. The van der Waals surface area contributed by atoms with Crippen LogP contribution in [0.1, 0.15) is 30.9 Å². The van der Waals surface area contributed by atoms with E-state index < -0.39 is 0 Å². The van der Waals surface area contributed by atoms with E-state index in [1.807, 2.05) is 97.7 Å². The fourth-order valence-corrected chi connectivity index (χ4v) is 4.12. The molecule has 1 aliphatic heterocycles. The van der Waals surface area contributed by atoms with Crippen molar-refractivity contribution < 1.29 is 9.59 Å². The Morgan fingerprint density at radius 1 is 0.941 bits per heavy atom. The van der Waals surface area contributed by atoms with Crippen molar-refractivity contribution in [2.75, 3.05) is 35.7 Å². The molecule has 3 aromatic rings. The van der Waals surface area contributed by atoms with Crippen LogP contribution in [0.4, 0.5) is 17.1 Å². The molecule has 3 N–H and O–H groups in total. The minimum Gasteiger partial charge on any atom is -0.354 e. The molecule has 6 nitrogen and oxygen atoms in total. The average molecular weight is 455 g/mol. The number of nitrogens with one attached hydrogen (secondary N) is 3. The molecule has 4 rings (SSSR count). The third kappa shape index (κ3) is 5.02. The van der Waals surface area contributed by atoms with Crippen LogP contribution in [0.3, 0.4) is 0 Å². The molecule has 0 aromatic heterocycles. The third-order valence-corrected chi connectivity index (χ3v) is 5.84. The van der Waals surface area contributed by atoms with Gasteiger partial charge in [-0.25, -0.2) is 0 Å². The topological polar surface area (TPSA) is 73.5 Å². The van der Waals surface area contributed by atoms with Crippen molar-refractivity contribution in [1.82, 2.24) is 5.32 Å². The fourth-order valence-electron chi connectivity index (χ4n) is 4.12. The maximum atomic E-state index is 13.0. The molecule has 0 aliphatic carbocycles. The highest BCUT2D eigenvalue weighted by Crippen LogP contribution is 2.37. The van der Waals surface area contributed by atoms with E-state index in [1.165, 1.54) is 0 Å². The summed E-state index contributed by atoms with van der Waals surface area (Å²) in [6, 6.07) is 25.4. The van der Waals surface area contributed by atoms with Gasteiger partial charge < -0.3 is 20.9 Å². The van der Waals surface area contributed by atoms with E-state index >= 15 is 0 Å². The first-order valence-corrected chi connectivity index (χ1v) is 11.6. The van der Waals surface area contributed by atoms with E-state index in [1.54, 1.807) is 0 Å². The molecule has 0 unspecified atom stereocenters. The zero-order valence-corrected chi connectivity index (χ0v) is 19.6. The summed E-state index contributed by atoms with van der Waals surface area (Å²) in [6.45, 7) is 3.40. The lowest BCUT2D eigenvalue weighted by molar-refractivity contribution is -0.118. The number of nitrogens with zero attached hydrogens (tertiary/aromatic N) is 1. The van der Waals surface area contributed by atoms with Crippen molar-refractivity contribution in [2.45, 2.75) is 19.8 Å². The van der Waals surface area contributed by atoms with Crippen molar-refractivity contribution in [3.05, 3.63) is 90.0 Å². The lowest BCUT2D eigenvalue weighted by Crippen LogP contribution is -2.32. The van der Waals surface area contributed by atoms with Gasteiger partial charge in [0.2, 0.25) is 5.91 Å². The predicted molar refractivity (Wildman–Crippen MR) is 140 cm³/mol. The van der Waals surface area contributed by atoms with Crippen LogP contribution in [0.5, 0.6) is 0 Å². The van der Waals surface area contributed by atoms with Gasteiger partial charge >= 0.3 is 0 Å². The maximum absolute atomic E-state index is 13.0. The molecule has 1 heterocycles. The van der Waals surface area contributed by atoms with Crippen LogP contribution in [0.2, 0.25) is 0 Å². The minimum absolute atomic E-state index is 0.100. The summed E-state index contributed by atoms with van der Waals surface area (Å²) >= 11 is 0. The molecule has 0 saturated carbocycles. The summed E-state index contributed by atoms with van der Waals surface area (Å²) < 4.78 is 0. The number of para-hydroxylation sites is 1. The number of carbonyl (C=O) groups excluding carboxylic acids is 2. The van der Waals surface area contributed by atoms with Crippen molar-refractivity contribution >= 4 is 40.1 Å². The number of fused-ring (bicyclic) bond motifs is 1. The maximum Gasteiger partial charge on any atom is 0.258 e. The highest BCUT2D eigenvalue weighted by molar-refractivity contribution is 6.37. The highest BCUT2D eigenvalue weighted by Gasteiger charge is 2.28. The van der Waals surface area contributed by atoms with Crippen LogP contribution in [0, 0.1) is 0 Å². The first kappa shape index (κ1) is 23.3. The van der Waals surface area contributed by atoms with Crippen molar-refractivity contribution in [2.24, 2.45) is 0 Å². The van der Waals surface area contributed by atoms with Crippen LogP contribution in [0.25, 0.3) is 11.3 Å². The number of carbonyl (C=O) groups is 2. The Balaban J connectivity index is 1.67. The van der Waals surface area contributed by atoms with E-state index in [-0.39, 0.29) is 11.8 Å². The van der Waals surface area contributed by atoms with Crippen LogP contribution in [-0.2, 0) is 9.59 Å². The third-order valence-electron chi connectivity index (χ3n) is 5.84. The lowest BCUT2D eigenvalue weighted by Gasteiger charge is -2.23. The first-order valence-electron chi connectivity index (χ1n) is 11.6. The monoisotopic (exact) mass is 454 g/mol. The summed E-state index contributed by atoms with van der Waals surface area (Å²) in [5, 5.41) is 9.57. The number of amides is 2. The second-order valence-electron chi connectivity index (χ2n) is 8.14. The normalized spacial score (nSPS) is 13.8. The number of anilines is 3. The molecule has 6 heteroatoms. The van der Waals surface area contributed by atoms with Crippen molar-refractivity contribution in [3.63, 3.8) is 0 Å². The molecule has 2 amide bonds. The van der Waals surface area contributed by atoms with Gasteiger partial charge in [0, 0.05) is 35.6 Å². The summed E-state index contributed by atoms with van der Waals surface area (Å²) in [5.41, 5.74) is 5.66. The van der Waals surface area contributed by atoms with Gasteiger partial charge in [0.05, 0.1) is 11.3 Å². The summed E-state index contributed by atoms with van der Waals surface area (Å²) in [4.78, 5) is 27.3. The highest BCUT2D eigenvalue weighted by atomic mass is 16.2.